The van der Waals surface area contributed by atoms with E-state index in [1.54, 1.807) is 19.1 Å². The van der Waals surface area contributed by atoms with E-state index >= 15 is 0 Å². The molecule has 0 aliphatic heterocycles. The zero-order chi connectivity index (χ0) is 13.6. The number of para-hydroxylation sites is 1. The molecule has 0 amide bonds. The summed E-state index contributed by atoms with van der Waals surface area (Å²) in [4.78, 5) is 0. The van der Waals surface area contributed by atoms with Crippen molar-refractivity contribution < 1.29 is 18.3 Å². The Morgan fingerprint density at radius 2 is 2.06 bits per heavy atom. The number of hydrogen-bond donors (Lipinski definition) is 2. The first-order chi connectivity index (χ1) is 8.48. The van der Waals surface area contributed by atoms with Crippen LogP contribution in [-0.2, 0) is 16.4 Å². The molecule has 0 radical (unpaired) electrons. The number of aliphatic hydroxyl groups is 1. The van der Waals surface area contributed by atoms with Gasteiger partial charge in [-0.25, -0.2) is 8.42 Å². The normalized spacial score (nSPS) is 13.3. The van der Waals surface area contributed by atoms with Gasteiger partial charge in [-0.1, -0.05) is 25.1 Å². The minimum Gasteiger partial charge on any atom is -0.491 e. The summed E-state index contributed by atoms with van der Waals surface area (Å²) in [7, 11) is -3.19. The first kappa shape index (κ1) is 14.9. The Bertz CT molecular complexity index is 473. The van der Waals surface area contributed by atoms with Crippen molar-refractivity contribution in [2.75, 3.05) is 18.1 Å². The van der Waals surface area contributed by atoms with E-state index in [9.17, 15) is 13.5 Å². The Labute approximate surface area is 107 Å². The van der Waals surface area contributed by atoms with E-state index in [1.807, 2.05) is 12.1 Å². The average Bonchev–Trinajstić information content (AvgIpc) is 2.36. The largest absolute Gasteiger partial charge is 0.491 e. The second-order valence-electron chi connectivity index (χ2n) is 3.98. The summed E-state index contributed by atoms with van der Waals surface area (Å²) in [5, 5.41) is 9.61. The van der Waals surface area contributed by atoms with Crippen LogP contribution in [0.15, 0.2) is 24.3 Å². The van der Waals surface area contributed by atoms with Crippen LogP contribution in [0.25, 0.3) is 0 Å². The van der Waals surface area contributed by atoms with Crippen molar-refractivity contribution in [3.8, 4) is 5.75 Å². The second kappa shape index (κ2) is 6.72. The van der Waals surface area contributed by atoms with E-state index < -0.39 is 15.9 Å². The summed E-state index contributed by atoms with van der Waals surface area (Å²) in [6.07, 6.45) is -1.03. The lowest BCUT2D eigenvalue weighted by molar-refractivity contribution is 0.124. The summed E-state index contributed by atoms with van der Waals surface area (Å²) in [5.74, 6) is 0.311. The Balaban J connectivity index is 2.55. The smallest absolute Gasteiger partial charge is 0.152 e. The number of benzene rings is 1. The van der Waals surface area contributed by atoms with Crippen LogP contribution >= 0.6 is 0 Å². The maximum atomic E-state index is 11.3. The van der Waals surface area contributed by atoms with Crippen LogP contribution in [0.4, 0.5) is 0 Å². The zero-order valence-corrected chi connectivity index (χ0v) is 11.2. The first-order valence-electron chi connectivity index (χ1n) is 5.77. The lowest BCUT2D eigenvalue weighted by Crippen LogP contribution is -2.28. The molecule has 6 heteroatoms. The van der Waals surface area contributed by atoms with Gasteiger partial charge < -0.3 is 15.6 Å². The minimum atomic E-state index is -3.19. The predicted molar refractivity (Wildman–Crippen MR) is 70.2 cm³/mol. The van der Waals surface area contributed by atoms with Crippen molar-refractivity contribution in [1.29, 1.82) is 0 Å². The van der Waals surface area contributed by atoms with Crippen molar-refractivity contribution in [2.45, 2.75) is 19.6 Å². The number of hydrogen-bond acceptors (Lipinski definition) is 5. The Morgan fingerprint density at radius 1 is 1.39 bits per heavy atom. The number of nitrogens with two attached hydrogens (primary N) is 1. The van der Waals surface area contributed by atoms with Crippen molar-refractivity contribution in [3.05, 3.63) is 29.8 Å². The monoisotopic (exact) mass is 273 g/mol. The molecule has 1 rings (SSSR count). The van der Waals surface area contributed by atoms with Crippen LogP contribution < -0.4 is 10.5 Å². The molecule has 1 aromatic rings. The Morgan fingerprint density at radius 3 is 2.67 bits per heavy atom. The van der Waals surface area contributed by atoms with Gasteiger partial charge in [0.05, 0.1) is 5.75 Å². The van der Waals surface area contributed by atoms with Crippen molar-refractivity contribution in [3.63, 3.8) is 0 Å². The molecular formula is C12H19NO4S. The summed E-state index contributed by atoms with van der Waals surface area (Å²) in [6.45, 7) is 1.82. The molecule has 1 aromatic carbocycles. The van der Waals surface area contributed by atoms with Gasteiger partial charge >= 0.3 is 0 Å². The fourth-order valence-electron chi connectivity index (χ4n) is 1.46. The SMILES string of the molecule is CCS(=O)(=O)CC(O)COc1ccccc1CN. The quantitative estimate of drug-likeness (QED) is 0.746. The van der Waals surface area contributed by atoms with Crippen LogP contribution in [0, 0.1) is 0 Å². The highest BCUT2D eigenvalue weighted by molar-refractivity contribution is 7.91. The molecule has 5 nitrogen and oxygen atoms in total. The maximum Gasteiger partial charge on any atom is 0.152 e. The highest BCUT2D eigenvalue weighted by atomic mass is 32.2. The number of sulfone groups is 1. The van der Waals surface area contributed by atoms with Gasteiger partial charge in [0.15, 0.2) is 9.84 Å². The van der Waals surface area contributed by atoms with Crippen LogP contribution in [-0.4, -0.2) is 37.7 Å². The van der Waals surface area contributed by atoms with Crippen LogP contribution in [0.5, 0.6) is 5.75 Å². The molecule has 0 aliphatic carbocycles. The van der Waals surface area contributed by atoms with E-state index in [2.05, 4.69) is 0 Å². The molecule has 1 atom stereocenters. The standard InChI is InChI=1S/C12H19NO4S/c1-2-18(15,16)9-11(14)8-17-12-6-4-3-5-10(12)7-13/h3-6,11,14H,2,7-9,13H2,1H3. The van der Waals surface area contributed by atoms with Crippen molar-refractivity contribution in [1.82, 2.24) is 0 Å². The maximum absolute atomic E-state index is 11.3. The number of ether oxygens (including phenoxy) is 1. The van der Waals surface area contributed by atoms with Crippen LogP contribution in [0.2, 0.25) is 0 Å². The Hall–Kier alpha value is -1.11. The summed E-state index contributed by atoms with van der Waals surface area (Å²) in [5.41, 5.74) is 6.36. The fraction of sp³-hybridized carbons (Fsp3) is 0.500. The summed E-state index contributed by atoms with van der Waals surface area (Å²) >= 11 is 0. The number of aliphatic hydroxyl groups excluding tert-OH is 1. The number of rotatable bonds is 7. The molecule has 0 saturated heterocycles. The van der Waals surface area contributed by atoms with Gasteiger partial charge in [-0.3, -0.25) is 0 Å². The summed E-state index contributed by atoms with van der Waals surface area (Å²) in [6, 6.07) is 7.20. The molecule has 0 saturated carbocycles. The molecule has 0 bridgehead atoms. The second-order valence-corrected chi connectivity index (χ2v) is 6.37. The van der Waals surface area contributed by atoms with Gasteiger partial charge in [-0.05, 0) is 6.07 Å². The fourth-order valence-corrected chi connectivity index (χ4v) is 2.38. The topological polar surface area (TPSA) is 89.6 Å². The highest BCUT2D eigenvalue weighted by Crippen LogP contribution is 2.17. The van der Waals surface area contributed by atoms with Gasteiger partial charge in [0.2, 0.25) is 0 Å². The third kappa shape index (κ3) is 4.64. The molecule has 1 unspecified atom stereocenters. The lowest BCUT2D eigenvalue weighted by atomic mass is 10.2. The van der Waals surface area contributed by atoms with Crippen molar-refractivity contribution >= 4 is 9.84 Å². The van der Waals surface area contributed by atoms with Crippen molar-refractivity contribution in [2.24, 2.45) is 5.73 Å². The molecular weight excluding hydrogens is 254 g/mol. The van der Waals surface area contributed by atoms with Crippen LogP contribution in [0.1, 0.15) is 12.5 Å². The molecule has 18 heavy (non-hydrogen) atoms. The minimum absolute atomic E-state index is 0.0173. The van der Waals surface area contributed by atoms with Gasteiger partial charge in [-0.15, -0.1) is 0 Å². The predicted octanol–water partition coefficient (Wildman–Crippen LogP) is 0.320. The molecule has 0 aromatic heterocycles. The van der Waals surface area contributed by atoms with Gasteiger partial charge in [0, 0.05) is 17.9 Å². The van der Waals surface area contributed by atoms with E-state index in [0.29, 0.717) is 12.3 Å². The van der Waals surface area contributed by atoms with E-state index in [-0.39, 0.29) is 18.1 Å². The average molecular weight is 273 g/mol. The Kier molecular flexibility index (Phi) is 5.58. The lowest BCUT2D eigenvalue weighted by Gasteiger charge is -2.14. The van der Waals surface area contributed by atoms with E-state index in [1.165, 1.54) is 0 Å². The molecule has 0 heterocycles. The van der Waals surface area contributed by atoms with E-state index in [4.69, 9.17) is 10.5 Å². The molecule has 0 spiro atoms. The molecule has 0 aliphatic rings. The highest BCUT2D eigenvalue weighted by Gasteiger charge is 2.16. The third-order valence-corrected chi connectivity index (χ3v) is 4.28. The van der Waals surface area contributed by atoms with Gasteiger partial charge in [0.25, 0.3) is 0 Å². The first-order valence-corrected chi connectivity index (χ1v) is 7.60. The van der Waals surface area contributed by atoms with Crippen LogP contribution in [0.3, 0.4) is 0 Å². The van der Waals surface area contributed by atoms with Gasteiger partial charge in [0.1, 0.15) is 18.5 Å². The molecule has 0 fully saturated rings. The molecule has 102 valence electrons. The zero-order valence-electron chi connectivity index (χ0n) is 10.4. The molecule has 3 N–H and O–H groups in total. The van der Waals surface area contributed by atoms with E-state index in [0.717, 1.165) is 5.56 Å². The third-order valence-electron chi connectivity index (χ3n) is 2.51. The van der Waals surface area contributed by atoms with Gasteiger partial charge in [-0.2, -0.15) is 0 Å². The summed E-state index contributed by atoms with van der Waals surface area (Å²) < 4.78 is 28.0.